The maximum atomic E-state index is 12.4. The lowest BCUT2D eigenvalue weighted by Gasteiger charge is -2.10. The minimum Gasteiger partial charge on any atom is -0.461 e. The number of carbonyl (C=O) groups excluding carboxylic acids is 2. The highest BCUT2D eigenvalue weighted by molar-refractivity contribution is 6.02. The van der Waals surface area contributed by atoms with E-state index in [0.717, 1.165) is 16.7 Å². The molecule has 0 saturated heterocycles. The van der Waals surface area contributed by atoms with Crippen LogP contribution in [-0.2, 0) is 11.8 Å². The molecule has 1 heterocycles. The summed E-state index contributed by atoms with van der Waals surface area (Å²) in [7, 11) is 1.72. The first-order valence-corrected chi connectivity index (χ1v) is 8.92. The van der Waals surface area contributed by atoms with E-state index in [4.69, 9.17) is 11.3 Å². The van der Waals surface area contributed by atoms with E-state index < -0.39 is 5.97 Å². The first-order valence-electron chi connectivity index (χ1n) is 8.92. The van der Waals surface area contributed by atoms with Gasteiger partial charge in [-0.1, -0.05) is 48.5 Å². The fourth-order valence-corrected chi connectivity index (χ4v) is 3.28. The number of ether oxygens (including phenoxy) is 1. The van der Waals surface area contributed by atoms with Crippen molar-refractivity contribution < 1.29 is 14.3 Å². The lowest BCUT2D eigenvalue weighted by atomic mass is 9.95. The lowest BCUT2D eigenvalue weighted by molar-refractivity contribution is 0.0516. The first kappa shape index (κ1) is 19.1. The molecule has 0 radical (unpaired) electrons. The van der Waals surface area contributed by atoms with Gasteiger partial charge in [0.1, 0.15) is 5.69 Å². The Bertz CT molecular complexity index is 1090. The van der Waals surface area contributed by atoms with Crippen LogP contribution in [0.4, 0.5) is 5.69 Å². The molecular weight excluding hydrogens is 352 g/mol. The predicted molar refractivity (Wildman–Crippen MR) is 109 cm³/mol. The number of benzene rings is 2. The van der Waals surface area contributed by atoms with Crippen LogP contribution in [0.15, 0.2) is 54.7 Å². The SMILES string of the molecule is [C-]#[N+]c1cn(C)c(C(=O)OCC)c1-c1ccc(-c2ccccc2C(C)=O)cc1. The summed E-state index contributed by atoms with van der Waals surface area (Å²) in [6.45, 7) is 11.0. The molecule has 5 heteroatoms. The minimum absolute atomic E-state index is 0.00243. The van der Waals surface area contributed by atoms with Gasteiger partial charge in [0.05, 0.1) is 13.2 Å². The predicted octanol–water partition coefficient (Wildman–Crippen LogP) is 5.29. The smallest absolute Gasteiger partial charge is 0.354 e. The Morgan fingerprint density at radius 1 is 1.07 bits per heavy atom. The van der Waals surface area contributed by atoms with Gasteiger partial charge in [-0.2, -0.15) is 0 Å². The van der Waals surface area contributed by atoms with Crippen molar-refractivity contribution in [3.05, 3.63) is 77.4 Å². The molecule has 0 saturated carbocycles. The fraction of sp³-hybridized carbons (Fsp3) is 0.174. The van der Waals surface area contributed by atoms with Gasteiger partial charge in [-0.05, 0) is 30.5 Å². The Labute approximate surface area is 164 Å². The first-order chi connectivity index (χ1) is 13.5. The molecule has 0 aliphatic rings. The van der Waals surface area contributed by atoms with E-state index in [1.807, 2.05) is 42.5 Å². The third-order valence-electron chi connectivity index (χ3n) is 4.54. The van der Waals surface area contributed by atoms with Crippen molar-refractivity contribution >= 4 is 17.4 Å². The molecule has 3 aromatic rings. The number of hydrogen-bond donors (Lipinski definition) is 0. The van der Waals surface area contributed by atoms with E-state index >= 15 is 0 Å². The molecule has 0 fully saturated rings. The van der Waals surface area contributed by atoms with E-state index in [1.165, 1.54) is 0 Å². The second kappa shape index (κ2) is 7.93. The topological polar surface area (TPSA) is 52.7 Å². The van der Waals surface area contributed by atoms with E-state index in [0.29, 0.717) is 22.5 Å². The number of esters is 1. The molecule has 28 heavy (non-hydrogen) atoms. The van der Waals surface area contributed by atoms with Gasteiger partial charge in [0.15, 0.2) is 5.78 Å². The molecule has 0 unspecified atom stereocenters. The lowest BCUT2D eigenvalue weighted by Crippen LogP contribution is -2.10. The average molecular weight is 372 g/mol. The van der Waals surface area contributed by atoms with Crippen molar-refractivity contribution in [3.63, 3.8) is 0 Å². The third kappa shape index (κ3) is 3.45. The third-order valence-corrected chi connectivity index (χ3v) is 4.54. The highest BCUT2D eigenvalue weighted by Gasteiger charge is 2.22. The number of nitrogens with zero attached hydrogens (tertiary/aromatic N) is 2. The maximum Gasteiger partial charge on any atom is 0.354 e. The average Bonchev–Trinajstić information content (AvgIpc) is 3.04. The van der Waals surface area contributed by atoms with Gasteiger partial charge in [-0.3, -0.25) is 4.79 Å². The molecule has 3 rings (SSSR count). The molecule has 1 aromatic heterocycles. The molecule has 0 atom stereocenters. The van der Waals surface area contributed by atoms with Crippen LogP contribution >= 0.6 is 0 Å². The van der Waals surface area contributed by atoms with Gasteiger partial charge in [0, 0.05) is 24.4 Å². The monoisotopic (exact) mass is 372 g/mol. The Balaban J connectivity index is 2.10. The molecule has 0 bridgehead atoms. The number of hydrogen-bond acceptors (Lipinski definition) is 3. The van der Waals surface area contributed by atoms with Crippen molar-refractivity contribution in [2.75, 3.05) is 6.61 Å². The zero-order valence-corrected chi connectivity index (χ0v) is 16.0. The normalized spacial score (nSPS) is 10.4. The van der Waals surface area contributed by atoms with Gasteiger partial charge < -0.3 is 9.30 Å². The van der Waals surface area contributed by atoms with Gasteiger partial charge in [-0.15, -0.1) is 0 Å². The summed E-state index contributed by atoms with van der Waals surface area (Å²) in [5.41, 5.74) is 4.45. The number of ketones is 1. The van der Waals surface area contributed by atoms with Gasteiger partial charge >= 0.3 is 5.97 Å². The van der Waals surface area contributed by atoms with E-state index in [2.05, 4.69) is 4.85 Å². The number of Topliss-reactive ketones (excluding diaryl/α,β-unsaturated/α-hetero) is 1. The zero-order valence-electron chi connectivity index (χ0n) is 16.0. The molecule has 0 aliphatic heterocycles. The Morgan fingerprint density at radius 2 is 1.71 bits per heavy atom. The maximum absolute atomic E-state index is 12.4. The second-order valence-electron chi connectivity index (χ2n) is 6.36. The summed E-state index contributed by atoms with van der Waals surface area (Å²) in [4.78, 5) is 27.9. The van der Waals surface area contributed by atoms with E-state index in [9.17, 15) is 9.59 Å². The highest BCUT2D eigenvalue weighted by Crippen LogP contribution is 2.37. The Morgan fingerprint density at radius 3 is 2.32 bits per heavy atom. The van der Waals surface area contributed by atoms with Gasteiger partial charge in [0.25, 0.3) is 0 Å². The molecule has 2 aromatic carbocycles. The van der Waals surface area contributed by atoms with Crippen molar-refractivity contribution in [3.8, 4) is 22.3 Å². The van der Waals surface area contributed by atoms with Crippen molar-refractivity contribution in [1.82, 2.24) is 4.57 Å². The quantitative estimate of drug-likeness (QED) is 0.347. The van der Waals surface area contributed by atoms with Crippen LogP contribution in [0.25, 0.3) is 27.1 Å². The zero-order chi connectivity index (χ0) is 20.3. The molecule has 0 aliphatic carbocycles. The van der Waals surface area contributed by atoms with Crippen molar-refractivity contribution in [2.24, 2.45) is 7.05 Å². The number of aromatic nitrogens is 1. The largest absolute Gasteiger partial charge is 0.461 e. The van der Waals surface area contributed by atoms with Gasteiger partial charge in [-0.25, -0.2) is 9.64 Å². The highest BCUT2D eigenvalue weighted by atomic mass is 16.5. The summed E-state index contributed by atoms with van der Waals surface area (Å²) in [5, 5.41) is 0. The summed E-state index contributed by atoms with van der Waals surface area (Å²) >= 11 is 0. The summed E-state index contributed by atoms with van der Waals surface area (Å²) in [6.07, 6.45) is 1.63. The van der Waals surface area contributed by atoms with Gasteiger partial charge in [0.2, 0.25) is 5.69 Å². The number of carbonyl (C=O) groups is 2. The van der Waals surface area contributed by atoms with Crippen molar-refractivity contribution in [1.29, 1.82) is 0 Å². The number of rotatable bonds is 5. The van der Waals surface area contributed by atoms with Crippen LogP contribution in [0.1, 0.15) is 34.7 Å². The minimum atomic E-state index is -0.457. The summed E-state index contributed by atoms with van der Waals surface area (Å²) in [6, 6.07) is 15.0. The van der Waals surface area contributed by atoms with Crippen LogP contribution in [-0.4, -0.2) is 22.9 Å². The van der Waals surface area contributed by atoms with Crippen LogP contribution in [0.5, 0.6) is 0 Å². The number of aryl methyl sites for hydroxylation is 1. The van der Waals surface area contributed by atoms with Crippen LogP contribution in [0, 0.1) is 6.57 Å². The molecule has 5 nitrogen and oxygen atoms in total. The standard InChI is InChI=1S/C23H20N2O3/c1-5-28-23(27)22-21(20(24-3)14-25(22)4)17-12-10-16(11-13-17)19-9-7-6-8-18(19)15(2)26/h6-14H,5H2,1-2,4H3. The fourth-order valence-electron chi connectivity index (χ4n) is 3.28. The van der Waals surface area contributed by atoms with Crippen LogP contribution in [0.3, 0.4) is 0 Å². The van der Waals surface area contributed by atoms with Crippen LogP contribution < -0.4 is 0 Å². The molecular formula is C23H20N2O3. The van der Waals surface area contributed by atoms with Crippen LogP contribution in [0.2, 0.25) is 0 Å². The van der Waals surface area contributed by atoms with Crippen molar-refractivity contribution in [2.45, 2.75) is 13.8 Å². The molecule has 140 valence electrons. The molecule has 0 spiro atoms. The summed E-state index contributed by atoms with van der Waals surface area (Å²) < 4.78 is 6.79. The van der Waals surface area contributed by atoms with E-state index in [-0.39, 0.29) is 12.4 Å². The van der Waals surface area contributed by atoms with E-state index in [1.54, 1.807) is 37.7 Å². The Kier molecular flexibility index (Phi) is 5.42. The Hall–Kier alpha value is -3.65. The second-order valence-corrected chi connectivity index (χ2v) is 6.36. The summed E-state index contributed by atoms with van der Waals surface area (Å²) in [5.74, 6) is -0.455. The molecule has 0 N–H and O–H groups in total. The molecule has 0 amide bonds.